The summed E-state index contributed by atoms with van der Waals surface area (Å²) in [5, 5.41) is 3.33. The van der Waals surface area contributed by atoms with Crippen molar-refractivity contribution >= 4 is 32.4 Å². The quantitative estimate of drug-likeness (QED) is 0.627. The average Bonchev–Trinajstić information content (AvgIpc) is 3.14. The van der Waals surface area contributed by atoms with Crippen molar-refractivity contribution in [3.8, 4) is 11.3 Å². The molecule has 3 heterocycles. The molecule has 1 N–H and O–H groups in total. The number of amides is 1. The summed E-state index contributed by atoms with van der Waals surface area (Å²) in [5.74, 6) is -0.779. The topological polar surface area (TPSA) is 92.3 Å². The van der Waals surface area contributed by atoms with Gasteiger partial charge in [-0.05, 0) is 56.2 Å². The number of hydrogen-bond donors (Lipinski definition) is 1. The number of rotatable bonds is 5. The van der Waals surface area contributed by atoms with E-state index in [4.69, 9.17) is 0 Å². The fourth-order valence-electron chi connectivity index (χ4n) is 3.54. The van der Waals surface area contributed by atoms with E-state index >= 15 is 0 Å². The summed E-state index contributed by atoms with van der Waals surface area (Å²) < 4.78 is 40.0. The summed E-state index contributed by atoms with van der Waals surface area (Å²) in [4.78, 5) is 22.2. The molecule has 10 heteroatoms. The van der Waals surface area contributed by atoms with E-state index in [1.807, 2.05) is 6.92 Å². The van der Waals surface area contributed by atoms with Crippen LogP contribution in [0.1, 0.15) is 17.7 Å². The van der Waals surface area contributed by atoms with E-state index in [9.17, 15) is 17.6 Å². The Morgan fingerprint density at radius 3 is 2.55 bits per heavy atom. The maximum absolute atomic E-state index is 13.2. The number of carbonyl (C=O) groups excluding carboxylic acids is 1. The minimum absolute atomic E-state index is 0.157. The van der Waals surface area contributed by atoms with Crippen LogP contribution in [-0.4, -0.2) is 41.7 Å². The molecular formula is C21H21FN4O3S2. The maximum atomic E-state index is 13.2. The first-order valence-corrected chi connectivity index (χ1v) is 12.0. The van der Waals surface area contributed by atoms with Crippen molar-refractivity contribution in [2.24, 2.45) is 5.92 Å². The second-order valence-electron chi connectivity index (χ2n) is 7.29. The van der Waals surface area contributed by atoms with Crippen LogP contribution in [0.15, 0.2) is 53.7 Å². The van der Waals surface area contributed by atoms with Gasteiger partial charge in [-0.2, -0.15) is 4.31 Å². The first kappa shape index (κ1) is 21.5. The summed E-state index contributed by atoms with van der Waals surface area (Å²) in [6.45, 7) is 2.44. The number of thiazole rings is 1. The van der Waals surface area contributed by atoms with Crippen LogP contribution in [0.4, 0.5) is 9.52 Å². The molecule has 0 saturated carbocycles. The van der Waals surface area contributed by atoms with Gasteiger partial charge in [-0.3, -0.25) is 9.78 Å². The Morgan fingerprint density at radius 2 is 1.90 bits per heavy atom. The molecule has 7 nitrogen and oxygen atoms in total. The zero-order valence-corrected chi connectivity index (χ0v) is 18.4. The Balaban J connectivity index is 1.39. The normalized spacial score (nSPS) is 15.7. The van der Waals surface area contributed by atoms with E-state index in [0.717, 1.165) is 10.4 Å². The molecule has 1 amide bonds. The zero-order chi connectivity index (χ0) is 22.0. The van der Waals surface area contributed by atoms with Crippen LogP contribution < -0.4 is 5.32 Å². The number of piperidine rings is 1. The number of sulfonamides is 1. The molecule has 1 aliphatic heterocycles. The summed E-state index contributed by atoms with van der Waals surface area (Å²) in [7, 11) is -3.60. The Morgan fingerprint density at radius 1 is 1.19 bits per heavy atom. The second-order valence-corrected chi connectivity index (χ2v) is 10.4. The van der Waals surface area contributed by atoms with Gasteiger partial charge in [0.15, 0.2) is 5.13 Å². The highest BCUT2D eigenvalue weighted by Crippen LogP contribution is 2.31. The van der Waals surface area contributed by atoms with Gasteiger partial charge in [0, 0.05) is 41.8 Å². The lowest BCUT2D eigenvalue weighted by atomic mass is 9.97. The number of nitrogens with zero attached hydrogens (tertiary/aromatic N) is 3. The lowest BCUT2D eigenvalue weighted by Gasteiger charge is -2.30. The standard InChI is InChI=1S/C21H21FN4O3S2/c1-14-19(15-4-6-17(22)7-5-15)24-21(30-14)25-20(27)16-8-11-26(12-9-16)31(28,29)18-3-2-10-23-13-18/h2-7,10,13,16H,8-9,11-12H2,1H3,(H,24,25,27). The number of pyridine rings is 1. The summed E-state index contributed by atoms with van der Waals surface area (Å²) in [5.41, 5.74) is 1.49. The zero-order valence-electron chi connectivity index (χ0n) is 16.8. The van der Waals surface area contributed by atoms with Crippen LogP contribution in [0.3, 0.4) is 0 Å². The van der Waals surface area contributed by atoms with E-state index in [0.29, 0.717) is 23.7 Å². The van der Waals surface area contributed by atoms with Crippen molar-refractivity contribution in [3.05, 3.63) is 59.5 Å². The van der Waals surface area contributed by atoms with Gasteiger partial charge in [0.2, 0.25) is 15.9 Å². The van der Waals surface area contributed by atoms with E-state index in [1.165, 1.54) is 46.2 Å². The third-order valence-electron chi connectivity index (χ3n) is 5.24. The Labute approximate surface area is 184 Å². The number of aromatic nitrogens is 2. The minimum atomic E-state index is -3.60. The molecule has 0 aliphatic carbocycles. The Kier molecular flexibility index (Phi) is 6.12. The lowest BCUT2D eigenvalue weighted by molar-refractivity contribution is -0.120. The van der Waals surface area contributed by atoms with Crippen LogP contribution in [0, 0.1) is 18.7 Å². The van der Waals surface area contributed by atoms with E-state index in [2.05, 4.69) is 15.3 Å². The van der Waals surface area contributed by atoms with Gasteiger partial charge >= 0.3 is 0 Å². The third-order valence-corrected chi connectivity index (χ3v) is 8.01. The predicted molar refractivity (Wildman–Crippen MR) is 117 cm³/mol. The van der Waals surface area contributed by atoms with Gasteiger partial charge in [0.1, 0.15) is 10.7 Å². The van der Waals surface area contributed by atoms with Crippen LogP contribution in [0.5, 0.6) is 0 Å². The first-order valence-electron chi connectivity index (χ1n) is 9.79. The van der Waals surface area contributed by atoms with Crippen molar-refractivity contribution in [2.75, 3.05) is 18.4 Å². The number of anilines is 1. The van der Waals surface area contributed by atoms with Crippen molar-refractivity contribution in [1.29, 1.82) is 0 Å². The monoisotopic (exact) mass is 460 g/mol. The van der Waals surface area contributed by atoms with Crippen molar-refractivity contribution in [2.45, 2.75) is 24.7 Å². The van der Waals surface area contributed by atoms with Gasteiger partial charge in [-0.15, -0.1) is 11.3 Å². The molecule has 0 atom stereocenters. The Bertz CT molecular complexity index is 1170. The highest BCUT2D eigenvalue weighted by Gasteiger charge is 2.32. The number of carbonyl (C=O) groups is 1. The van der Waals surface area contributed by atoms with Crippen molar-refractivity contribution in [1.82, 2.24) is 14.3 Å². The largest absolute Gasteiger partial charge is 0.302 e. The van der Waals surface area contributed by atoms with Gasteiger partial charge in [-0.25, -0.2) is 17.8 Å². The number of halogens is 1. The molecule has 162 valence electrons. The molecule has 0 bridgehead atoms. The minimum Gasteiger partial charge on any atom is -0.302 e. The predicted octanol–water partition coefficient (Wildman–Crippen LogP) is 3.69. The number of nitrogens with one attached hydrogen (secondary N) is 1. The fourth-order valence-corrected chi connectivity index (χ4v) is 5.81. The second kappa shape index (κ2) is 8.81. The SMILES string of the molecule is Cc1sc(NC(=O)C2CCN(S(=O)(=O)c3cccnc3)CC2)nc1-c1ccc(F)cc1. The molecule has 1 saturated heterocycles. The van der Waals surface area contributed by atoms with Crippen LogP contribution in [0.25, 0.3) is 11.3 Å². The van der Waals surface area contributed by atoms with Crippen molar-refractivity contribution < 1.29 is 17.6 Å². The molecule has 3 aromatic rings. The summed E-state index contributed by atoms with van der Waals surface area (Å²) >= 11 is 1.36. The van der Waals surface area contributed by atoms with E-state index in [-0.39, 0.29) is 35.6 Å². The number of benzene rings is 1. The number of aryl methyl sites for hydroxylation is 1. The lowest BCUT2D eigenvalue weighted by Crippen LogP contribution is -2.41. The summed E-state index contributed by atoms with van der Waals surface area (Å²) in [6, 6.07) is 9.16. The van der Waals surface area contributed by atoms with Crippen LogP contribution in [0.2, 0.25) is 0 Å². The summed E-state index contributed by atoms with van der Waals surface area (Å²) in [6.07, 6.45) is 3.72. The molecule has 2 aromatic heterocycles. The highest BCUT2D eigenvalue weighted by atomic mass is 32.2. The van der Waals surface area contributed by atoms with E-state index < -0.39 is 10.0 Å². The fraction of sp³-hybridized carbons (Fsp3) is 0.286. The first-order chi connectivity index (χ1) is 14.8. The third kappa shape index (κ3) is 4.65. The molecule has 1 aromatic carbocycles. The van der Waals surface area contributed by atoms with E-state index in [1.54, 1.807) is 18.2 Å². The average molecular weight is 461 g/mol. The molecular weight excluding hydrogens is 439 g/mol. The van der Waals surface area contributed by atoms with Crippen LogP contribution >= 0.6 is 11.3 Å². The van der Waals surface area contributed by atoms with Crippen molar-refractivity contribution in [3.63, 3.8) is 0 Å². The van der Waals surface area contributed by atoms with Crippen LogP contribution in [-0.2, 0) is 14.8 Å². The molecule has 0 radical (unpaired) electrons. The molecule has 0 spiro atoms. The molecule has 4 rings (SSSR count). The molecule has 1 aliphatic rings. The molecule has 31 heavy (non-hydrogen) atoms. The number of hydrogen-bond acceptors (Lipinski definition) is 6. The maximum Gasteiger partial charge on any atom is 0.244 e. The molecule has 0 unspecified atom stereocenters. The highest BCUT2D eigenvalue weighted by molar-refractivity contribution is 7.89. The van der Waals surface area contributed by atoms with Gasteiger partial charge in [-0.1, -0.05) is 0 Å². The van der Waals surface area contributed by atoms with Gasteiger partial charge < -0.3 is 5.32 Å². The Hall–Kier alpha value is -2.69. The smallest absolute Gasteiger partial charge is 0.244 e. The van der Waals surface area contributed by atoms with Gasteiger partial charge in [0.25, 0.3) is 0 Å². The molecule has 1 fully saturated rings. The van der Waals surface area contributed by atoms with Gasteiger partial charge in [0.05, 0.1) is 5.69 Å².